The predicted molar refractivity (Wildman–Crippen MR) is 81.4 cm³/mol. The van der Waals surface area contributed by atoms with Crippen LogP contribution in [-0.4, -0.2) is 26.2 Å². The Balaban J connectivity index is 2.91. The van der Waals surface area contributed by atoms with E-state index < -0.39 is 16.1 Å². The third kappa shape index (κ3) is 5.29. The van der Waals surface area contributed by atoms with E-state index in [4.69, 9.17) is 16.9 Å². The number of rotatable bonds is 6. The zero-order valence-corrected chi connectivity index (χ0v) is 13.8. The molecule has 5 nitrogen and oxygen atoms in total. The molecule has 0 spiro atoms. The molecular formula is C14H19ClN2O3S. The molecule has 21 heavy (non-hydrogen) atoms. The second-order valence-electron chi connectivity index (χ2n) is 5.80. The number of aliphatic hydroxyl groups excluding tert-OH is 1. The summed E-state index contributed by atoms with van der Waals surface area (Å²) in [6.07, 6.45) is -0.0372. The van der Waals surface area contributed by atoms with Crippen LogP contribution in [0.25, 0.3) is 0 Å². The maximum Gasteiger partial charge on any atom is 0.240 e. The lowest BCUT2D eigenvalue weighted by Gasteiger charge is -2.26. The SMILES string of the molecule is C[C@H](O)CC(C)(C)CNS(=O)(=O)c1ccc(Cl)c(C#N)c1. The number of nitriles is 1. The van der Waals surface area contributed by atoms with Crippen LogP contribution in [0.5, 0.6) is 0 Å². The number of nitrogens with one attached hydrogen (secondary N) is 1. The lowest BCUT2D eigenvalue weighted by atomic mass is 9.87. The van der Waals surface area contributed by atoms with E-state index >= 15 is 0 Å². The number of nitrogens with zero attached hydrogens (tertiary/aromatic N) is 1. The van der Waals surface area contributed by atoms with Crippen molar-refractivity contribution in [1.82, 2.24) is 4.72 Å². The molecule has 0 aliphatic carbocycles. The Morgan fingerprint density at radius 3 is 2.62 bits per heavy atom. The smallest absolute Gasteiger partial charge is 0.240 e. The molecular weight excluding hydrogens is 312 g/mol. The largest absolute Gasteiger partial charge is 0.393 e. The van der Waals surface area contributed by atoms with Crippen LogP contribution in [0.1, 0.15) is 32.8 Å². The number of hydrogen-bond donors (Lipinski definition) is 2. The van der Waals surface area contributed by atoms with Gasteiger partial charge in [0.15, 0.2) is 0 Å². The molecule has 0 aromatic heterocycles. The third-order valence-corrected chi connectivity index (χ3v) is 4.69. The fraction of sp³-hybridized carbons (Fsp3) is 0.500. The Kier molecular flexibility index (Phi) is 5.76. The Morgan fingerprint density at radius 1 is 1.48 bits per heavy atom. The average Bonchev–Trinajstić information content (AvgIpc) is 2.35. The molecule has 1 rings (SSSR count). The van der Waals surface area contributed by atoms with E-state index in [9.17, 15) is 13.5 Å². The molecule has 1 atom stereocenters. The van der Waals surface area contributed by atoms with Crippen LogP contribution in [-0.2, 0) is 10.0 Å². The first-order chi connectivity index (χ1) is 9.57. The highest BCUT2D eigenvalue weighted by atomic mass is 35.5. The third-order valence-electron chi connectivity index (χ3n) is 2.96. The van der Waals surface area contributed by atoms with Crippen LogP contribution in [0.3, 0.4) is 0 Å². The molecule has 1 aromatic carbocycles. The summed E-state index contributed by atoms with van der Waals surface area (Å²) in [6, 6.07) is 5.83. The van der Waals surface area contributed by atoms with Gasteiger partial charge in [-0.05, 0) is 37.0 Å². The van der Waals surface area contributed by atoms with Gasteiger partial charge in [0.2, 0.25) is 10.0 Å². The van der Waals surface area contributed by atoms with Gasteiger partial charge in [0.25, 0.3) is 0 Å². The van der Waals surface area contributed by atoms with Gasteiger partial charge in [-0.15, -0.1) is 0 Å². The van der Waals surface area contributed by atoms with E-state index in [1.54, 1.807) is 6.92 Å². The fourth-order valence-corrected chi connectivity index (χ4v) is 3.43. The summed E-state index contributed by atoms with van der Waals surface area (Å²) in [4.78, 5) is -0.00343. The number of sulfonamides is 1. The maximum atomic E-state index is 12.2. The van der Waals surface area contributed by atoms with Crippen molar-refractivity contribution >= 4 is 21.6 Å². The minimum absolute atomic E-state index is 0.00343. The van der Waals surface area contributed by atoms with Crippen molar-refractivity contribution in [3.8, 4) is 6.07 Å². The molecule has 2 N–H and O–H groups in total. The molecule has 0 unspecified atom stereocenters. The standard InChI is InChI=1S/C14H19ClN2O3S/c1-10(18)7-14(2,3)9-17-21(19,20)12-4-5-13(15)11(6-12)8-16/h4-6,10,17-18H,7,9H2,1-3H3/t10-/m0/s1. The minimum atomic E-state index is -3.72. The fourth-order valence-electron chi connectivity index (χ4n) is 2.00. The van der Waals surface area contributed by atoms with Gasteiger partial charge in [-0.25, -0.2) is 13.1 Å². The van der Waals surface area contributed by atoms with E-state index in [2.05, 4.69) is 4.72 Å². The van der Waals surface area contributed by atoms with Crippen molar-refractivity contribution < 1.29 is 13.5 Å². The van der Waals surface area contributed by atoms with E-state index in [1.165, 1.54) is 18.2 Å². The van der Waals surface area contributed by atoms with Crippen molar-refractivity contribution in [2.45, 2.75) is 38.2 Å². The molecule has 0 aliphatic rings. The number of hydrogen-bond acceptors (Lipinski definition) is 4. The second-order valence-corrected chi connectivity index (χ2v) is 7.97. The predicted octanol–water partition coefficient (Wildman–Crippen LogP) is 2.29. The maximum absolute atomic E-state index is 12.2. The van der Waals surface area contributed by atoms with Crippen LogP contribution in [0.2, 0.25) is 5.02 Å². The summed E-state index contributed by atoms with van der Waals surface area (Å²) in [7, 11) is -3.72. The van der Waals surface area contributed by atoms with Gasteiger partial charge in [0.05, 0.1) is 21.6 Å². The normalized spacial score (nSPS) is 13.7. The Bertz CT molecular complexity index is 649. The van der Waals surface area contributed by atoms with E-state index in [1.807, 2.05) is 19.9 Å². The first-order valence-electron chi connectivity index (χ1n) is 6.45. The second kappa shape index (κ2) is 6.75. The summed E-state index contributed by atoms with van der Waals surface area (Å²) in [5.74, 6) is 0. The van der Waals surface area contributed by atoms with Gasteiger partial charge in [-0.3, -0.25) is 0 Å². The minimum Gasteiger partial charge on any atom is -0.393 e. The van der Waals surface area contributed by atoms with Crippen LogP contribution >= 0.6 is 11.6 Å². The molecule has 0 heterocycles. The Hall–Kier alpha value is -1.13. The molecule has 0 saturated heterocycles. The molecule has 0 bridgehead atoms. The van der Waals surface area contributed by atoms with Crippen molar-refractivity contribution in [1.29, 1.82) is 5.26 Å². The van der Waals surface area contributed by atoms with Gasteiger partial charge in [-0.2, -0.15) is 5.26 Å². The van der Waals surface area contributed by atoms with Gasteiger partial charge < -0.3 is 5.11 Å². The highest BCUT2D eigenvalue weighted by molar-refractivity contribution is 7.89. The van der Waals surface area contributed by atoms with Gasteiger partial charge in [-0.1, -0.05) is 25.4 Å². The molecule has 1 aromatic rings. The first kappa shape index (κ1) is 17.9. The molecule has 7 heteroatoms. The highest BCUT2D eigenvalue weighted by Crippen LogP contribution is 2.23. The van der Waals surface area contributed by atoms with Crippen molar-refractivity contribution in [3.05, 3.63) is 28.8 Å². The van der Waals surface area contributed by atoms with E-state index in [0.717, 1.165) is 0 Å². The van der Waals surface area contributed by atoms with Gasteiger partial charge in [0.1, 0.15) is 6.07 Å². The van der Waals surface area contributed by atoms with Crippen LogP contribution in [0.4, 0.5) is 0 Å². The van der Waals surface area contributed by atoms with Crippen LogP contribution in [0.15, 0.2) is 23.1 Å². The zero-order valence-electron chi connectivity index (χ0n) is 12.2. The molecule has 0 fully saturated rings. The Morgan fingerprint density at radius 2 is 2.10 bits per heavy atom. The summed E-state index contributed by atoms with van der Waals surface area (Å²) in [5, 5.41) is 18.5. The quantitative estimate of drug-likeness (QED) is 0.837. The molecule has 0 amide bonds. The number of aliphatic hydroxyl groups is 1. The Labute approximate surface area is 130 Å². The lowest BCUT2D eigenvalue weighted by Crippen LogP contribution is -2.35. The number of halogens is 1. The van der Waals surface area contributed by atoms with E-state index in [-0.39, 0.29) is 27.4 Å². The van der Waals surface area contributed by atoms with Crippen molar-refractivity contribution in [2.24, 2.45) is 5.41 Å². The zero-order chi connectivity index (χ0) is 16.3. The molecule has 0 aliphatic heterocycles. The van der Waals surface area contributed by atoms with Gasteiger partial charge in [0, 0.05) is 6.54 Å². The van der Waals surface area contributed by atoms with Crippen LogP contribution in [0, 0.1) is 16.7 Å². The molecule has 116 valence electrons. The van der Waals surface area contributed by atoms with Crippen molar-refractivity contribution in [3.63, 3.8) is 0 Å². The highest BCUT2D eigenvalue weighted by Gasteiger charge is 2.24. The summed E-state index contributed by atoms with van der Waals surface area (Å²) < 4.78 is 26.9. The summed E-state index contributed by atoms with van der Waals surface area (Å²) >= 11 is 5.79. The topological polar surface area (TPSA) is 90.2 Å². The van der Waals surface area contributed by atoms with Crippen molar-refractivity contribution in [2.75, 3.05) is 6.54 Å². The monoisotopic (exact) mass is 330 g/mol. The average molecular weight is 331 g/mol. The first-order valence-corrected chi connectivity index (χ1v) is 8.31. The summed E-state index contributed by atoms with van der Waals surface area (Å²) in [5.41, 5.74) is -0.270. The number of benzene rings is 1. The molecule has 0 saturated carbocycles. The summed E-state index contributed by atoms with van der Waals surface area (Å²) in [6.45, 7) is 5.58. The van der Waals surface area contributed by atoms with E-state index in [0.29, 0.717) is 6.42 Å². The lowest BCUT2D eigenvalue weighted by molar-refractivity contribution is 0.131. The van der Waals surface area contributed by atoms with Crippen LogP contribution < -0.4 is 4.72 Å². The van der Waals surface area contributed by atoms with Gasteiger partial charge >= 0.3 is 0 Å². The molecule has 0 radical (unpaired) electrons.